The molecule has 100 valence electrons. The quantitative estimate of drug-likeness (QED) is 0.571. The van der Waals surface area contributed by atoms with Crippen LogP contribution in [-0.2, 0) is 0 Å². The van der Waals surface area contributed by atoms with Gasteiger partial charge < -0.3 is 4.74 Å². The predicted molar refractivity (Wildman–Crippen MR) is 83.0 cm³/mol. The fourth-order valence-electron chi connectivity index (χ4n) is 2.07. The Bertz CT molecular complexity index is 772. The van der Waals surface area contributed by atoms with Crippen molar-refractivity contribution in [1.29, 1.82) is 0 Å². The van der Waals surface area contributed by atoms with E-state index in [9.17, 15) is 0 Å². The maximum Gasteiger partial charge on any atom is 0.148 e. The zero-order valence-electron chi connectivity index (χ0n) is 10.7. The Kier molecular flexibility index (Phi) is 3.51. The Morgan fingerprint density at radius 1 is 0.900 bits per heavy atom. The lowest BCUT2D eigenvalue weighted by Gasteiger charge is -2.09. The predicted octanol–water partition coefficient (Wildman–Crippen LogP) is 5.64. The number of aromatic nitrogens is 1. The number of fused-ring (bicyclic) bond motifs is 1. The number of halogens is 2. The summed E-state index contributed by atoms with van der Waals surface area (Å²) in [5, 5.41) is 2.62. The van der Waals surface area contributed by atoms with Crippen molar-refractivity contribution in [1.82, 2.24) is 4.98 Å². The van der Waals surface area contributed by atoms with E-state index in [0.29, 0.717) is 10.2 Å². The third-order valence-electron chi connectivity index (χ3n) is 3.04. The molecule has 3 aromatic rings. The van der Waals surface area contributed by atoms with Gasteiger partial charge in [-0.3, -0.25) is 0 Å². The number of para-hydroxylation sites is 1. The number of pyridine rings is 1. The highest BCUT2D eigenvalue weighted by Crippen LogP contribution is 2.34. The van der Waals surface area contributed by atoms with Crippen LogP contribution >= 0.6 is 23.2 Å². The molecule has 1 heterocycles. The van der Waals surface area contributed by atoms with Gasteiger partial charge in [-0.15, -0.1) is 0 Å². The zero-order chi connectivity index (χ0) is 14.1. The molecule has 0 aliphatic carbocycles. The average molecular weight is 304 g/mol. The molecule has 0 radical (unpaired) electrons. The highest BCUT2D eigenvalue weighted by molar-refractivity contribution is 6.44. The van der Waals surface area contributed by atoms with Crippen molar-refractivity contribution in [2.75, 3.05) is 0 Å². The minimum absolute atomic E-state index is 0.327. The molecular formula is C16H11Cl2NO. The Hall–Kier alpha value is -1.77. The molecular weight excluding hydrogens is 293 g/mol. The fourth-order valence-corrected chi connectivity index (χ4v) is 2.51. The molecule has 0 spiro atoms. The summed E-state index contributed by atoms with van der Waals surface area (Å²) in [5.74, 6) is 1.53. The maximum atomic E-state index is 6.18. The number of nitrogens with zero attached hydrogens (tertiary/aromatic N) is 1. The highest BCUT2D eigenvalue weighted by atomic mass is 35.5. The van der Waals surface area contributed by atoms with Crippen molar-refractivity contribution in [3.05, 3.63) is 64.4 Å². The van der Waals surface area contributed by atoms with E-state index in [1.165, 1.54) is 0 Å². The minimum atomic E-state index is 0.327. The molecule has 2 aromatic carbocycles. The first-order chi connectivity index (χ1) is 9.65. The summed E-state index contributed by atoms with van der Waals surface area (Å²) in [5.41, 5.74) is 0.827. The number of hydrogen-bond donors (Lipinski definition) is 0. The van der Waals surface area contributed by atoms with E-state index in [1.54, 1.807) is 0 Å². The molecule has 0 unspecified atom stereocenters. The van der Waals surface area contributed by atoms with Crippen molar-refractivity contribution in [3.63, 3.8) is 0 Å². The third kappa shape index (κ3) is 2.45. The second-order valence-corrected chi connectivity index (χ2v) is 5.16. The van der Waals surface area contributed by atoms with E-state index in [1.807, 2.05) is 55.5 Å². The van der Waals surface area contributed by atoms with Crippen molar-refractivity contribution in [2.24, 2.45) is 0 Å². The summed E-state index contributed by atoms with van der Waals surface area (Å²) in [7, 11) is 0. The molecule has 3 rings (SSSR count). The number of ether oxygens (including phenoxy) is 1. The fraction of sp³-hybridized carbons (Fsp3) is 0.0625. The Balaban J connectivity index is 2.07. The van der Waals surface area contributed by atoms with Crippen LogP contribution in [0.2, 0.25) is 10.2 Å². The standard InChI is InChI=1S/C16H11Cl2NO/c1-10-14-9-12(20-11-5-3-2-4-6-11)7-8-13(14)15(17)16(18)19-10/h2-9H,1H3. The summed E-state index contributed by atoms with van der Waals surface area (Å²) in [4.78, 5) is 4.23. The van der Waals surface area contributed by atoms with Crippen LogP contribution in [0.5, 0.6) is 11.5 Å². The Labute approximate surface area is 126 Å². The van der Waals surface area contributed by atoms with Gasteiger partial charge in [0.15, 0.2) is 0 Å². The van der Waals surface area contributed by atoms with Crippen molar-refractivity contribution in [3.8, 4) is 11.5 Å². The van der Waals surface area contributed by atoms with E-state index in [0.717, 1.165) is 28.0 Å². The van der Waals surface area contributed by atoms with Gasteiger partial charge in [0.05, 0.1) is 5.02 Å². The first-order valence-corrected chi connectivity index (χ1v) is 6.89. The first-order valence-electron chi connectivity index (χ1n) is 6.13. The van der Waals surface area contributed by atoms with Gasteiger partial charge in [-0.05, 0) is 37.3 Å². The molecule has 2 nitrogen and oxygen atoms in total. The van der Waals surface area contributed by atoms with Gasteiger partial charge in [-0.1, -0.05) is 41.4 Å². The van der Waals surface area contributed by atoms with Crippen LogP contribution < -0.4 is 4.74 Å². The number of benzene rings is 2. The largest absolute Gasteiger partial charge is 0.457 e. The van der Waals surface area contributed by atoms with Gasteiger partial charge in [-0.25, -0.2) is 4.98 Å². The lowest BCUT2D eigenvalue weighted by atomic mass is 10.1. The lowest BCUT2D eigenvalue weighted by molar-refractivity contribution is 0.483. The van der Waals surface area contributed by atoms with Crippen molar-refractivity contribution >= 4 is 34.0 Å². The van der Waals surface area contributed by atoms with Crippen LogP contribution in [-0.4, -0.2) is 4.98 Å². The number of aryl methyl sites for hydroxylation is 1. The molecule has 0 saturated heterocycles. The van der Waals surface area contributed by atoms with Crippen LogP contribution in [0.3, 0.4) is 0 Å². The van der Waals surface area contributed by atoms with E-state index in [2.05, 4.69) is 4.98 Å². The van der Waals surface area contributed by atoms with Crippen LogP contribution in [0.15, 0.2) is 48.5 Å². The molecule has 0 aliphatic rings. The summed E-state index contributed by atoms with van der Waals surface area (Å²) < 4.78 is 5.81. The SMILES string of the molecule is Cc1nc(Cl)c(Cl)c2ccc(Oc3ccccc3)cc12. The molecule has 0 atom stereocenters. The molecule has 0 saturated carbocycles. The van der Waals surface area contributed by atoms with Crippen LogP contribution in [0.4, 0.5) is 0 Å². The minimum Gasteiger partial charge on any atom is -0.457 e. The molecule has 1 aromatic heterocycles. The second kappa shape index (κ2) is 5.31. The van der Waals surface area contributed by atoms with Gasteiger partial charge in [0, 0.05) is 16.5 Å². The second-order valence-electron chi connectivity index (χ2n) is 4.42. The number of rotatable bonds is 2. The van der Waals surface area contributed by atoms with Gasteiger partial charge >= 0.3 is 0 Å². The normalized spacial score (nSPS) is 10.8. The smallest absolute Gasteiger partial charge is 0.148 e. The molecule has 0 amide bonds. The van der Waals surface area contributed by atoms with Gasteiger partial charge in [0.1, 0.15) is 16.7 Å². The van der Waals surface area contributed by atoms with Gasteiger partial charge in [0.2, 0.25) is 0 Å². The average Bonchev–Trinajstić information content (AvgIpc) is 2.46. The van der Waals surface area contributed by atoms with Crippen LogP contribution in [0.1, 0.15) is 5.69 Å². The van der Waals surface area contributed by atoms with E-state index in [-0.39, 0.29) is 0 Å². The zero-order valence-corrected chi connectivity index (χ0v) is 12.2. The Morgan fingerprint density at radius 3 is 2.40 bits per heavy atom. The summed E-state index contributed by atoms with van der Waals surface area (Å²) in [6.07, 6.45) is 0. The summed E-state index contributed by atoms with van der Waals surface area (Å²) in [6.45, 7) is 1.90. The maximum absolute atomic E-state index is 6.18. The first kappa shape index (κ1) is 13.2. The van der Waals surface area contributed by atoms with Crippen LogP contribution in [0.25, 0.3) is 10.8 Å². The molecule has 0 N–H and O–H groups in total. The van der Waals surface area contributed by atoms with Gasteiger partial charge in [0.25, 0.3) is 0 Å². The molecule has 0 bridgehead atoms. The van der Waals surface area contributed by atoms with Gasteiger partial charge in [-0.2, -0.15) is 0 Å². The topological polar surface area (TPSA) is 22.1 Å². The lowest BCUT2D eigenvalue weighted by Crippen LogP contribution is -1.89. The van der Waals surface area contributed by atoms with Crippen LogP contribution in [0, 0.1) is 6.92 Å². The van der Waals surface area contributed by atoms with E-state index < -0.39 is 0 Å². The van der Waals surface area contributed by atoms with E-state index in [4.69, 9.17) is 27.9 Å². The van der Waals surface area contributed by atoms with Crippen molar-refractivity contribution in [2.45, 2.75) is 6.92 Å². The molecule has 20 heavy (non-hydrogen) atoms. The Morgan fingerprint density at radius 2 is 1.65 bits per heavy atom. The monoisotopic (exact) mass is 303 g/mol. The van der Waals surface area contributed by atoms with E-state index >= 15 is 0 Å². The molecule has 0 fully saturated rings. The third-order valence-corrected chi connectivity index (χ3v) is 3.80. The highest BCUT2D eigenvalue weighted by Gasteiger charge is 2.10. The summed E-state index contributed by atoms with van der Waals surface area (Å²) in [6, 6.07) is 15.3. The number of hydrogen-bond acceptors (Lipinski definition) is 2. The molecule has 4 heteroatoms. The van der Waals surface area contributed by atoms with Crippen molar-refractivity contribution < 1.29 is 4.74 Å². The summed E-state index contributed by atoms with van der Waals surface area (Å²) >= 11 is 12.2. The molecule has 0 aliphatic heterocycles.